The van der Waals surface area contributed by atoms with Gasteiger partial charge in [-0.25, -0.2) is 0 Å². The van der Waals surface area contributed by atoms with Crippen molar-refractivity contribution in [3.05, 3.63) is 77.9 Å². The zero-order valence-electron chi connectivity index (χ0n) is 13.3. The third-order valence-corrected chi connectivity index (χ3v) is 3.94. The van der Waals surface area contributed by atoms with Crippen LogP contribution in [-0.4, -0.2) is 13.7 Å². The lowest BCUT2D eigenvalue weighted by atomic mass is 10.0. The number of methoxy groups -OCH3 is 1. The van der Waals surface area contributed by atoms with Crippen molar-refractivity contribution in [2.45, 2.75) is 13.0 Å². The molecular formula is C20H22ClNO. The van der Waals surface area contributed by atoms with E-state index in [9.17, 15) is 0 Å². The third-order valence-electron chi connectivity index (χ3n) is 3.94. The molecule has 3 rings (SSSR count). The van der Waals surface area contributed by atoms with E-state index < -0.39 is 0 Å². The van der Waals surface area contributed by atoms with Gasteiger partial charge in [-0.1, -0.05) is 54.6 Å². The number of fused-ring (bicyclic) bond motifs is 1. The first kappa shape index (κ1) is 17.3. The zero-order valence-corrected chi connectivity index (χ0v) is 14.1. The van der Waals surface area contributed by atoms with Crippen LogP contribution in [0, 0.1) is 0 Å². The lowest BCUT2D eigenvalue weighted by Gasteiger charge is -2.09. The molecule has 1 N–H and O–H groups in total. The quantitative estimate of drug-likeness (QED) is 0.668. The Morgan fingerprint density at radius 1 is 0.870 bits per heavy atom. The molecule has 3 heteroatoms. The Morgan fingerprint density at radius 2 is 1.61 bits per heavy atom. The van der Waals surface area contributed by atoms with Crippen LogP contribution < -0.4 is 10.1 Å². The standard InChI is InChI=1S/C20H21NO.ClH/c1-22-19-11-9-16(10-12-19)13-14-21-15-18-7-4-6-17-5-2-3-8-20(17)18;/h2-12,21H,13-15H2,1H3;1H. The Balaban J connectivity index is 0.00000192. The van der Waals surface area contributed by atoms with Crippen LogP contribution in [0.25, 0.3) is 10.8 Å². The molecular weight excluding hydrogens is 306 g/mol. The third kappa shape index (κ3) is 4.47. The molecule has 120 valence electrons. The van der Waals surface area contributed by atoms with Gasteiger partial charge in [0.1, 0.15) is 5.75 Å². The highest BCUT2D eigenvalue weighted by Crippen LogP contribution is 2.18. The summed E-state index contributed by atoms with van der Waals surface area (Å²) in [7, 11) is 1.70. The fraction of sp³-hybridized carbons (Fsp3) is 0.200. The number of nitrogens with one attached hydrogen (secondary N) is 1. The molecule has 3 aromatic carbocycles. The molecule has 2 nitrogen and oxygen atoms in total. The smallest absolute Gasteiger partial charge is 0.118 e. The van der Waals surface area contributed by atoms with Gasteiger partial charge in [-0.05, 0) is 47.0 Å². The van der Waals surface area contributed by atoms with Crippen molar-refractivity contribution in [1.29, 1.82) is 0 Å². The largest absolute Gasteiger partial charge is 0.497 e. The molecule has 0 radical (unpaired) electrons. The Hall–Kier alpha value is -2.03. The summed E-state index contributed by atoms with van der Waals surface area (Å²) in [6.07, 6.45) is 1.02. The van der Waals surface area contributed by atoms with E-state index in [-0.39, 0.29) is 12.4 Å². The molecule has 0 aliphatic rings. The molecule has 0 saturated heterocycles. The fourth-order valence-corrected chi connectivity index (χ4v) is 2.69. The first-order chi connectivity index (χ1) is 10.9. The van der Waals surface area contributed by atoms with Gasteiger partial charge in [-0.3, -0.25) is 0 Å². The van der Waals surface area contributed by atoms with Crippen molar-refractivity contribution in [3.63, 3.8) is 0 Å². The average molecular weight is 328 g/mol. The molecule has 0 amide bonds. The van der Waals surface area contributed by atoms with Crippen LogP contribution >= 0.6 is 12.4 Å². The van der Waals surface area contributed by atoms with Gasteiger partial charge in [0.2, 0.25) is 0 Å². The minimum Gasteiger partial charge on any atom is -0.497 e. The normalized spacial score (nSPS) is 10.3. The highest BCUT2D eigenvalue weighted by Gasteiger charge is 2.00. The molecule has 0 spiro atoms. The topological polar surface area (TPSA) is 21.3 Å². The van der Waals surface area contributed by atoms with E-state index in [0.29, 0.717) is 0 Å². The van der Waals surface area contributed by atoms with Crippen LogP contribution in [0.3, 0.4) is 0 Å². The molecule has 0 atom stereocenters. The maximum absolute atomic E-state index is 5.18. The van der Waals surface area contributed by atoms with Gasteiger partial charge in [0.15, 0.2) is 0 Å². The lowest BCUT2D eigenvalue weighted by Crippen LogP contribution is -2.16. The van der Waals surface area contributed by atoms with Crippen molar-refractivity contribution >= 4 is 23.2 Å². The summed E-state index contributed by atoms with van der Waals surface area (Å²) < 4.78 is 5.18. The fourth-order valence-electron chi connectivity index (χ4n) is 2.69. The van der Waals surface area contributed by atoms with Gasteiger partial charge in [-0.2, -0.15) is 0 Å². The van der Waals surface area contributed by atoms with Crippen LogP contribution in [0.15, 0.2) is 66.7 Å². The average Bonchev–Trinajstić information content (AvgIpc) is 2.59. The number of hydrogen-bond acceptors (Lipinski definition) is 2. The van der Waals surface area contributed by atoms with Crippen molar-refractivity contribution in [1.82, 2.24) is 5.32 Å². The minimum absolute atomic E-state index is 0. The van der Waals surface area contributed by atoms with E-state index in [0.717, 1.165) is 25.3 Å². The lowest BCUT2D eigenvalue weighted by molar-refractivity contribution is 0.414. The van der Waals surface area contributed by atoms with Crippen LogP contribution in [0.4, 0.5) is 0 Å². The summed E-state index contributed by atoms with van der Waals surface area (Å²) >= 11 is 0. The molecule has 23 heavy (non-hydrogen) atoms. The highest BCUT2D eigenvalue weighted by molar-refractivity contribution is 5.85. The van der Waals surface area contributed by atoms with Crippen molar-refractivity contribution in [2.75, 3.05) is 13.7 Å². The second-order valence-electron chi connectivity index (χ2n) is 5.41. The van der Waals surface area contributed by atoms with Crippen molar-refractivity contribution in [2.24, 2.45) is 0 Å². The zero-order chi connectivity index (χ0) is 15.2. The number of ether oxygens (including phenoxy) is 1. The van der Waals surface area contributed by atoms with Crippen molar-refractivity contribution in [3.8, 4) is 5.75 Å². The monoisotopic (exact) mass is 327 g/mol. The Kier molecular flexibility index (Phi) is 6.45. The van der Waals surface area contributed by atoms with E-state index in [1.165, 1.54) is 21.9 Å². The molecule has 0 aromatic heterocycles. The maximum Gasteiger partial charge on any atom is 0.118 e. The molecule has 0 aliphatic carbocycles. The second-order valence-corrected chi connectivity index (χ2v) is 5.41. The first-order valence-electron chi connectivity index (χ1n) is 7.67. The molecule has 0 bridgehead atoms. The van der Waals surface area contributed by atoms with Gasteiger partial charge < -0.3 is 10.1 Å². The van der Waals surface area contributed by atoms with Crippen LogP contribution in [0.5, 0.6) is 5.75 Å². The van der Waals surface area contributed by atoms with E-state index in [1.54, 1.807) is 7.11 Å². The van der Waals surface area contributed by atoms with E-state index >= 15 is 0 Å². The Bertz CT molecular complexity index is 735. The number of hydrogen-bond donors (Lipinski definition) is 1. The minimum atomic E-state index is 0. The maximum atomic E-state index is 5.18. The summed E-state index contributed by atoms with van der Waals surface area (Å²) in [5.74, 6) is 0.910. The van der Waals surface area contributed by atoms with Gasteiger partial charge in [0, 0.05) is 6.54 Å². The Labute approximate surface area is 143 Å². The highest BCUT2D eigenvalue weighted by atomic mass is 35.5. The molecule has 0 aliphatic heterocycles. The van der Waals surface area contributed by atoms with Gasteiger partial charge in [0.25, 0.3) is 0 Å². The van der Waals surface area contributed by atoms with E-state index in [1.807, 2.05) is 12.1 Å². The predicted molar refractivity (Wildman–Crippen MR) is 99.6 cm³/mol. The van der Waals surface area contributed by atoms with Crippen LogP contribution in [-0.2, 0) is 13.0 Å². The van der Waals surface area contributed by atoms with Crippen molar-refractivity contribution < 1.29 is 4.74 Å². The molecule has 0 unspecified atom stereocenters. The SMILES string of the molecule is COc1ccc(CCNCc2cccc3ccccc23)cc1.Cl. The van der Waals surface area contributed by atoms with Gasteiger partial charge >= 0.3 is 0 Å². The molecule has 3 aromatic rings. The molecule has 0 saturated carbocycles. The summed E-state index contributed by atoms with van der Waals surface area (Å²) in [5, 5.41) is 6.18. The van der Waals surface area contributed by atoms with E-state index in [2.05, 4.69) is 59.9 Å². The summed E-state index contributed by atoms with van der Waals surface area (Å²) in [6.45, 7) is 1.87. The first-order valence-corrected chi connectivity index (χ1v) is 7.67. The molecule has 0 heterocycles. The van der Waals surface area contributed by atoms with Crippen LogP contribution in [0.1, 0.15) is 11.1 Å². The van der Waals surface area contributed by atoms with Gasteiger partial charge in [-0.15, -0.1) is 12.4 Å². The Morgan fingerprint density at radius 3 is 2.39 bits per heavy atom. The number of benzene rings is 3. The molecule has 0 fully saturated rings. The van der Waals surface area contributed by atoms with Crippen LogP contribution in [0.2, 0.25) is 0 Å². The number of rotatable bonds is 6. The summed E-state index contributed by atoms with van der Waals surface area (Å²) in [5.41, 5.74) is 2.68. The summed E-state index contributed by atoms with van der Waals surface area (Å²) in [6, 6.07) is 23.3. The predicted octanol–water partition coefficient (Wildman–Crippen LogP) is 4.60. The van der Waals surface area contributed by atoms with E-state index in [4.69, 9.17) is 4.74 Å². The second kappa shape index (κ2) is 8.56. The van der Waals surface area contributed by atoms with Gasteiger partial charge in [0.05, 0.1) is 7.11 Å². The number of halogens is 1. The summed E-state index contributed by atoms with van der Waals surface area (Å²) in [4.78, 5) is 0.